The van der Waals surface area contributed by atoms with Crippen molar-refractivity contribution in [1.82, 2.24) is 9.88 Å². The first kappa shape index (κ1) is 16.3. The van der Waals surface area contributed by atoms with Gasteiger partial charge in [-0.3, -0.25) is 4.79 Å². The summed E-state index contributed by atoms with van der Waals surface area (Å²) in [5, 5.41) is 11.5. The highest BCUT2D eigenvalue weighted by Gasteiger charge is 2.18. The summed E-state index contributed by atoms with van der Waals surface area (Å²) in [6.45, 7) is 2.10. The lowest BCUT2D eigenvalue weighted by Crippen LogP contribution is -2.35. The average molecular weight is 343 g/mol. The summed E-state index contributed by atoms with van der Waals surface area (Å²) in [5.74, 6) is 1.41. The fourth-order valence-electron chi connectivity index (χ4n) is 2.34. The van der Waals surface area contributed by atoms with Gasteiger partial charge >= 0.3 is 0 Å². The Balaban J connectivity index is 1.70. The van der Waals surface area contributed by atoms with Crippen molar-refractivity contribution in [1.29, 1.82) is 5.26 Å². The van der Waals surface area contributed by atoms with Crippen LogP contribution in [0.5, 0.6) is 11.5 Å². The van der Waals surface area contributed by atoms with E-state index < -0.39 is 0 Å². The van der Waals surface area contributed by atoms with Gasteiger partial charge in [-0.15, -0.1) is 11.3 Å². The van der Waals surface area contributed by atoms with Crippen molar-refractivity contribution in [2.24, 2.45) is 0 Å². The third-order valence-electron chi connectivity index (χ3n) is 3.94. The number of rotatable bonds is 5. The third-order valence-corrected chi connectivity index (χ3v) is 4.89. The lowest BCUT2D eigenvalue weighted by molar-refractivity contribution is -0.130. The number of benzene rings is 1. The van der Waals surface area contributed by atoms with Gasteiger partial charge in [-0.2, -0.15) is 5.26 Å². The van der Waals surface area contributed by atoms with Crippen LogP contribution in [0.15, 0.2) is 23.6 Å². The number of nitriles is 1. The molecule has 0 unspecified atom stereocenters. The van der Waals surface area contributed by atoms with Crippen molar-refractivity contribution in [3.63, 3.8) is 0 Å². The van der Waals surface area contributed by atoms with E-state index in [0.717, 1.165) is 22.0 Å². The molecule has 1 amide bonds. The monoisotopic (exact) mass is 343 g/mol. The van der Waals surface area contributed by atoms with E-state index in [1.165, 1.54) is 11.3 Å². The fourth-order valence-corrected chi connectivity index (χ4v) is 3.16. The van der Waals surface area contributed by atoms with Gasteiger partial charge in [0.25, 0.3) is 0 Å². The van der Waals surface area contributed by atoms with E-state index in [2.05, 4.69) is 11.1 Å². The molecule has 0 aliphatic carbocycles. The summed E-state index contributed by atoms with van der Waals surface area (Å²) >= 11 is 1.49. The van der Waals surface area contributed by atoms with E-state index in [9.17, 15) is 4.79 Å². The molecule has 0 N–H and O–H groups in total. The zero-order valence-corrected chi connectivity index (χ0v) is 14.3. The molecule has 0 spiro atoms. The topological polar surface area (TPSA) is 75.5 Å². The maximum atomic E-state index is 12.3. The van der Waals surface area contributed by atoms with Crippen molar-refractivity contribution < 1.29 is 14.3 Å². The molecule has 0 saturated heterocycles. The summed E-state index contributed by atoms with van der Waals surface area (Å²) in [6, 6.07) is 7.67. The molecule has 1 aliphatic heterocycles. The van der Waals surface area contributed by atoms with Crippen molar-refractivity contribution in [3.8, 4) is 28.1 Å². The van der Waals surface area contributed by atoms with Gasteiger partial charge in [0.15, 0.2) is 11.5 Å². The second-order valence-corrected chi connectivity index (χ2v) is 6.46. The molecule has 24 heavy (non-hydrogen) atoms. The van der Waals surface area contributed by atoms with Crippen LogP contribution >= 0.6 is 11.3 Å². The fraction of sp³-hybridized carbons (Fsp3) is 0.353. The number of amides is 1. The highest BCUT2D eigenvalue weighted by atomic mass is 32.1. The summed E-state index contributed by atoms with van der Waals surface area (Å²) < 4.78 is 10.7. The Morgan fingerprint density at radius 3 is 3.04 bits per heavy atom. The third kappa shape index (κ3) is 3.34. The second kappa shape index (κ2) is 6.89. The zero-order valence-electron chi connectivity index (χ0n) is 13.5. The number of likely N-dealkylation sites (N-methyl/N-ethyl adjacent to an activating group) is 1. The summed E-state index contributed by atoms with van der Waals surface area (Å²) in [5.41, 5.74) is 1.67. The first-order valence-electron chi connectivity index (χ1n) is 7.55. The zero-order chi connectivity index (χ0) is 17.1. The van der Waals surface area contributed by atoms with Crippen molar-refractivity contribution in [2.75, 3.05) is 13.8 Å². The van der Waals surface area contributed by atoms with Gasteiger partial charge in [0.05, 0.1) is 24.6 Å². The molecule has 0 bridgehead atoms. The van der Waals surface area contributed by atoms with E-state index in [0.29, 0.717) is 12.2 Å². The standard InChI is InChI=1S/C17H17N3O3S/c1-11(5-6-18)20(2)16(21)8-13-9-24-17(19-13)12-3-4-14-15(7-12)23-10-22-14/h3-4,7,9,11H,5,8,10H2,1-2H3/t11-/m1/s1. The Morgan fingerprint density at radius 2 is 2.25 bits per heavy atom. The maximum Gasteiger partial charge on any atom is 0.231 e. The Bertz CT molecular complexity index is 797. The van der Waals surface area contributed by atoms with Crippen LogP contribution in [-0.2, 0) is 11.2 Å². The number of ether oxygens (including phenoxy) is 2. The number of carbonyl (C=O) groups excluding carboxylic acids is 1. The largest absolute Gasteiger partial charge is 0.454 e. The van der Waals surface area contributed by atoms with Crippen LogP contribution in [0, 0.1) is 11.3 Å². The summed E-state index contributed by atoms with van der Waals surface area (Å²) in [4.78, 5) is 18.4. The predicted octanol–water partition coefficient (Wildman–Crippen LogP) is 2.84. The SMILES string of the molecule is C[C@H](CC#N)N(C)C(=O)Cc1csc(-c2ccc3c(c2)OCO3)n1. The molecule has 124 valence electrons. The lowest BCUT2D eigenvalue weighted by atomic mass is 10.2. The molecular weight excluding hydrogens is 326 g/mol. The van der Waals surface area contributed by atoms with Crippen LogP contribution in [0.1, 0.15) is 19.0 Å². The lowest BCUT2D eigenvalue weighted by Gasteiger charge is -2.22. The normalized spacial score (nSPS) is 13.4. The van der Waals surface area contributed by atoms with E-state index in [1.807, 2.05) is 30.5 Å². The second-order valence-electron chi connectivity index (χ2n) is 5.60. The molecule has 1 aromatic carbocycles. The van der Waals surface area contributed by atoms with Crippen molar-refractivity contribution in [3.05, 3.63) is 29.3 Å². The van der Waals surface area contributed by atoms with Crippen LogP contribution in [0.2, 0.25) is 0 Å². The van der Waals surface area contributed by atoms with Gasteiger partial charge in [-0.05, 0) is 25.1 Å². The van der Waals surface area contributed by atoms with Gasteiger partial charge in [-0.1, -0.05) is 0 Å². The molecule has 6 nitrogen and oxygen atoms in total. The molecular formula is C17H17N3O3S. The molecule has 2 aromatic rings. The average Bonchev–Trinajstić information content (AvgIpc) is 3.22. The number of thiazole rings is 1. The van der Waals surface area contributed by atoms with Crippen LogP contribution < -0.4 is 9.47 Å². The highest BCUT2D eigenvalue weighted by molar-refractivity contribution is 7.13. The molecule has 3 rings (SSSR count). The van der Waals surface area contributed by atoms with Crippen LogP contribution in [-0.4, -0.2) is 35.7 Å². The molecule has 2 heterocycles. The van der Waals surface area contributed by atoms with E-state index >= 15 is 0 Å². The van der Waals surface area contributed by atoms with Crippen LogP contribution in [0.3, 0.4) is 0 Å². The van der Waals surface area contributed by atoms with Gasteiger partial charge in [0.1, 0.15) is 5.01 Å². The summed E-state index contributed by atoms with van der Waals surface area (Å²) in [7, 11) is 1.72. The molecule has 0 fully saturated rings. The quantitative estimate of drug-likeness (QED) is 0.834. The maximum absolute atomic E-state index is 12.3. The number of aromatic nitrogens is 1. The van der Waals surface area contributed by atoms with E-state index in [4.69, 9.17) is 14.7 Å². The molecule has 7 heteroatoms. The van der Waals surface area contributed by atoms with Crippen LogP contribution in [0.25, 0.3) is 10.6 Å². The molecule has 1 atom stereocenters. The van der Waals surface area contributed by atoms with Crippen LogP contribution in [0.4, 0.5) is 0 Å². The molecule has 0 saturated carbocycles. The number of carbonyl (C=O) groups is 1. The Kier molecular flexibility index (Phi) is 4.67. The minimum atomic E-state index is -0.102. The first-order valence-corrected chi connectivity index (χ1v) is 8.43. The Morgan fingerprint density at radius 1 is 1.46 bits per heavy atom. The van der Waals surface area contributed by atoms with Gasteiger partial charge in [-0.25, -0.2) is 4.98 Å². The minimum Gasteiger partial charge on any atom is -0.454 e. The molecule has 1 aliphatic rings. The Labute approximate surface area is 144 Å². The smallest absolute Gasteiger partial charge is 0.231 e. The highest BCUT2D eigenvalue weighted by Crippen LogP contribution is 2.36. The molecule has 1 aromatic heterocycles. The van der Waals surface area contributed by atoms with Crippen molar-refractivity contribution in [2.45, 2.75) is 25.8 Å². The minimum absolute atomic E-state index is 0.0414. The summed E-state index contributed by atoms with van der Waals surface area (Å²) in [6.07, 6.45) is 0.551. The van der Waals surface area contributed by atoms with E-state index in [1.54, 1.807) is 11.9 Å². The van der Waals surface area contributed by atoms with Gasteiger partial charge < -0.3 is 14.4 Å². The number of hydrogen-bond acceptors (Lipinski definition) is 6. The predicted molar refractivity (Wildman–Crippen MR) is 89.8 cm³/mol. The number of hydrogen-bond donors (Lipinski definition) is 0. The van der Waals surface area contributed by atoms with Gasteiger partial charge in [0.2, 0.25) is 12.7 Å². The Hall–Kier alpha value is -2.59. The first-order chi connectivity index (χ1) is 11.6. The molecule has 0 radical (unpaired) electrons. The van der Waals surface area contributed by atoms with Gasteiger partial charge in [0, 0.05) is 24.0 Å². The van der Waals surface area contributed by atoms with E-state index in [-0.39, 0.29) is 25.2 Å². The number of nitrogens with zero attached hydrogens (tertiary/aromatic N) is 3. The number of fused-ring (bicyclic) bond motifs is 1. The van der Waals surface area contributed by atoms with Crippen molar-refractivity contribution >= 4 is 17.2 Å².